The Balaban J connectivity index is 2.13. The van der Waals surface area contributed by atoms with Gasteiger partial charge in [0.2, 0.25) is 5.71 Å². The van der Waals surface area contributed by atoms with Gasteiger partial charge >= 0.3 is 5.97 Å². The van der Waals surface area contributed by atoms with E-state index in [0.29, 0.717) is 17.2 Å². The molecule has 88 valence electrons. The maximum Gasteiger partial charge on any atom is 0.354 e. The summed E-state index contributed by atoms with van der Waals surface area (Å²) in [6.45, 7) is 0. The smallest absolute Gasteiger partial charge is 0.354 e. The molecular weight excluding hydrogens is 232 g/mol. The fourth-order valence-electron chi connectivity index (χ4n) is 1.69. The van der Waals surface area contributed by atoms with Crippen LogP contribution in [0.15, 0.2) is 47.0 Å². The molecule has 0 bridgehead atoms. The maximum absolute atomic E-state index is 10.9. The van der Waals surface area contributed by atoms with Crippen LogP contribution in [0, 0.1) is 0 Å². The Morgan fingerprint density at radius 2 is 2.11 bits per heavy atom. The number of furan rings is 1. The van der Waals surface area contributed by atoms with Gasteiger partial charge in [-0.15, -0.1) is 0 Å². The van der Waals surface area contributed by atoms with E-state index in [1.54, 1.807) is 24.4 Å². The summed E-state index contributed by atoms with van der Waals surface area (Å²) in [4.78, 5) is 18.9. The average molecular weight is 240 g/mol. The Kier molecular flexibility index (Phi) is 2.30. The summed E-state index contributed by atoms with van der Waals surface area (Å²) < 4.78 is 5.52. The SMILES string of the molecule is O=C(O)c1cccc(-c2cc3cccnc3o2)n1. The molecule has 0 aliphatic heterocycles. The maximum atomic E-state index is 10.9. The second-order valence-electron chi connectivity index (χ2n) is 3.72. The van der Waals surface area contributed by atoms with Crippen molar-refractivity contribution in [2.24, 2.45) is 0 Å². The van der Waals surface area contributed by atoms with E-state index in [0.717, 1.165) is 5.39 Å². The summed E-state index contributed by atoms with van der Waals surface area (Å²) in [6, 6.07) is 10.2. The van der Waals surface area contributed by atoms with E-state index >= 15 is 0 Å². The van der Waals surface area contributed by atoms with Crippen LogP contribution in [-0.2, 0) is 0 Å². The molecule has 0 fully saturated rings. The first-order valence-electron chi connectivity index (χ1n) is 5.29. The van der Waals surface area contributed by atoms with Gasteiger partial charge in [-0.2, -0.15) is 0 Å². The van der Waals surface area contributed by atoms with Gasteiger partial charge in [0, 0.05) is 11.6 Å². The quantitative estimate of drug-likeness (QED) is 0.745. The molecule has 3 rings (SSSR count). The van der Waals surface area contributed by atoms with Gasteiger partial charge in [-0.1, -0.05) is 6.07 Å². The lowest BCUT2D eigenvalue weighted by molar-refractivity contribution is 0.0690. The summed E-state index contributed by atoms with van der Waals surface area (Å²) >= 11 is 0. The van der Waals surface area contributed by atoms with Gasteiger partial charge in [-0.25, -0.2) is 14.8 Å². The van der Waals surface area contributed by atoms with Crippen LogP contribution in [0.3, 0.4) is 0 Å². The molecule has 0 spiro atoms. The van der Waals surface area contributed by atoms with Crippen LogP contribution >= 0.6 is 0 Å². The number of carboxylic acid groups (broad SMARTS) is 1. The highest BCUT2D eigenvalue weighted by atomic mass is 16.4. The van der Waals surface area contributed by atoms with E-state index in [-0.39, 0.29) is 5.69 Å². The molecule has 0 radical (unpaired) electrons. The summed E-state index contributed by atoms with van der Waals surface area (Å²) in [7, 11) is 0. The summed E-state index contributed by atoms with van der Waals surface area (Å²) in [5.74, 6) is -0.558. The van der Waals surface area contributed by atoms with Crippen LogP contribution < -0.4 is 0 Å². The van der Waals surface area contributed by atoms with Gasteiger partial charge in [0.05, 0.1) is 0 Å². The average Bonchev–Trinajstić information content (AvgIpc) is 2.82. The van der Waals surface area contributed by atoms with E-state index in [9.17, 15) is 4.79 Å². The van der Waals surface area contributed by atoms with Crippen LogP contribution in [0.25, 0.3) is 22.6 Å². The Bertz CT molecular complexity index is 701. The number of aromatic nitrogens is 2. The van der Waals surface area contributed by atoms with Gasteiger partial charge in [-0.05, 0) is 30.3 Å². The topological polar surface area (TPSA) is 76.2 Å². The highest BCUT2D eigenvalue weighted by Gasteiger charge is 2.10. The molecule has 0 saturated carbocycles. The number of pyridine rings is 2. The van der Waals surface area contributed by atoms with Gasteiger partial charge in [0.1, 0.15) is 11.4 Å². The third kappa shape index (κ3) is 1.71. The number of carboxylic acids is 1. The van der Waals surface area contributed by atoms with E-state index in [4.69, 9.17) is 9.52 Å². The van der Waals surface area contributed by atoms with Crippen LogP contribution in [0.1, 0.15) is 10.5 Å². The van der Waals surface area contributed by atoms with Crippen molar-refractivity contribution in [2.75, 3.05) is 0 Å². The van der Waals surface area contributed by atoms with Crippen LogP contribution in [-0.4, -0.2) is 21.0 Å². The first-order chi connectivity index (χ1) is 8.74. The number of rotatable bonds is 2. The van der Waals surface area contributed by atoms with Crippen molar-refractivity contribution in [2.45, 2.75) is 0 Å². The van der Waals surface area contributed by atoms with Crippen LogP contribution in [0.4, 0.5) is 0 Å². The van der Waals surface area contributed by atoms with E-state index in [1.165, 1.54) is 6.07 Å². The van der Waals surface area contributed by atoms with Crippen molar-refractivity contribution in [3.8, 4) is 11.5 Å². The molecule has 3 heterocycles. The monoisotopic (exact) mass is 240 g/mol. The molecule has 0 saturated heterocycles. The summed E-state index contributed by atoms with van der Waals surface area (Å²) in [6.07, 6.45) is 1.64. The van der Waals surface area contributed by atoms with E-state index in [1.807, 2.05) is 12.1 Å². The van der Waals surface area contributed by atoms with Crippen LogP contribution in [0.5, 0.6) is 0 Å². The number of nitrogens with zero attached hydrogens (tertiary/aromatic N) is 2. The summed E-state index contributed by atoms with van der Waals surface area (Å²) in [5, 5.41) is 9.75. The van der Waals surface area contributed by atoms with Gasteiger partial charge < -0.3 is 9.52 Å². The fourth-order valence-corrected chi connectivity index (χ4v) is 1.69. The van der Waals surface area contributed by atoms with Gasteiger partial charge in [0.15, 0.2) is 5.76 Å². The zero-order chi connectivity index (χ0) is 12.5. The number of hydrogen-bond acceptors (Lipinski definition) is 4. The predicted molar refractivity (Wildman–Crippen MR) is 64.2 cm³/mol. The zero-order valence-corrected chi connectivity index (χ0v) is 9.20. The van der Waals surface area contributed by atoms with Crippen molar-refractivity contribution in [3.63, 3.8) is 0 Å². The standard InChI is InChI=1S/C13H8N2O3/c16-13(17)10-5-1-4-9(15-10)11-7-8-3-2-6-14-12(8)18-11/h1-7H,(H,16,17). The molecule has 0 aliphatic rings. The van der Waals surface area contributed by atoms with Gasteiger partial charge in [-0.3, -0.25) is 0 Å². The normalized spacial score (nSPS) is 10.7. The molecule has 0 unspecified atom stereocenters. The number of fused-ring (bicyclic) bond motifs is 1. The molecule has 0 aromatic carbocycles. The summed E-state index contributed by atoms with van der Waals surface area (Å²) in [5.41, 5.74) is 0.976. The van der Waals surface area contributed by atoms with E-state index < -0.39 is 5.97 Å². The number of carbonyl (C=O) groups is 1. The fraction of sp³-hybridized carbons (Fsp3) is 0. The molecule has 0 aliphatic carbocycles. The Hall–Kier alpha value is -2.69. The lowest BCUT2D eigenvalue weighted by Crippen LogP contribution is -2.00. The molecule has 0 atom stereocenters. The van der Waals surface area contributed by atoms with Gasteiger partial charge in [0.25, 0.3) is 0 Å². The lowest BCUT2D eigenvalue weighted by atomic mass is 10.2. The Labute approximate surface area is 102 Å². The molecule has 1 N–H and O–H groups in total. The minimum Gasteiger partial charge on any atom is -0.477 e. The molecule has 3 aromatic rings. The zero-order valence-electron chi connectivity index (χ0n) is 9.20. The van der Waals surface area contributed by atoms with Crippen molar-refractivity contribution < 1.29 is 14.3 Å². The lowest BCUT2D eigenvalue weighted by Gasteiger charge is -1.97. The minimum atomic E-state index is -1.06. The molecule has 18 heavy (non-hydrogen) atoms. The first kappa shape index (κ1) is 10.5. The van der Waals surface area contributed by atoms with E-state index in [2.05, 4.69) is 9.97 Å². The number of hydrogen-bond donors (Lipinski definition) is 1. The molecule has 5 heteroatoms. The Morgan fingerprint density at radius 1 is 1.22 bits per heavy atom. The first-order valence-corrected chi connectivity index (χ1v) is 5.29. The second kappa shape index (κ2) is 3.96. The molecule has 0 amide bonds. The third-order valence-electron chi connectivity index (χ3n) is 2.51. The molecular formula is C13H8N2O3. The van der Waals surface area contributed by atoms with Crippen molar-refractivity contribution >= 4 is 17.1 Å². The van der Waals surface area contributed by atoms with Crippen molar-refractivity contribution in [3.05, 3.63) is 48.3 Å². The van der Waals surface area contributed by atoms with Crippen molar-refractivity contribution in [1.29, 1.82) is 0 Å². The third-order valence-corrected chi connectivity index (χ3v) is 2.51. The Morgan fingerprint density at radius 3 is 2.89 bits per heavy atom. The molecule has 3 aromatic heterocycles. The largest absolute Gasteiger partial charge is 0.477 e. The number of aromatic carboxylic acids is 1. The highest BCUT2D eigenvalue weighted by Crippen LogP contribution is 2.25. The van der Waals surface area contributed by atoms with Crippen LogP contribution in [0.2, 0.25) is 0 Å². The van der Waals surface area contributed by atoms with Crippen molar-refractivity contribution in [1.82, 2.24) is 9.97 Å². The minimum absolute atomic E-state index is 0.0130. The second-order valence-corrected chi connectivity index (χ2v) is 3.72. The predicted octanol–water partition coefficient (Wildman–Crippen LogP) is 2.59. The molecule has 5 nitrogen and oxygen atoms in total. The highest BCUT2D eigenvalue weighted by molar-refractivity contribution is 5.86.